The number of aromatic nitrogens is 2. The zero-order valence-corrected chi connectivity index (χ0v) is 12.6. The van der Waals surface area contributed by atoms with E-state index in [1.165, 1.54) is 0 Å². The monoisotopic (exact) mass is 267 g/mol. The number of likely N-dealkylation sites (N-methyl/N-ethyl adjacent to an activating group) is 1. The molecular weight excluding hydrogens is 242 g/mol. The zero-order chi connectivity index (χ0) is 14.6. The average Bonchev–Trinajstić information content (AvgIpc) is 2.56. The van der Waals surface area contributed by atoms with Gasteiger partial charge in [0.2, 0.25) is 5.91 Å². The summed E-state index contributed by atoms with van der Waals surface area (Å²) in [6.45, 7) is 5.72. The van der Waals surface area contributed by atoms with Crippen molar-refractivity contribution in [3.05, 3.63) is 11.4 Å². The number of hydrogen-bond donors (Lipinski definition) is 1. The van der Waals surface area contributed by atoms with Gasteiger partial charge in [0.25, 0.3) is 0 Å². The van der Waals surface area contributed by atoms with Gasteiger partial charge in [-0.25, -0.2) is 0 Å². The van der Waals surface area contributed by atoms with Crippen LogP contribution < -0.4 is 5.73 Å². The molecule has 0 atom stereocenters. The van der Waals surface area contributed by atoms with Crippen LogP contribution in [0.2, 0.25) is 0 Å². The first-order chi connectivity index (χ1) is 8.82. The molecule has 1 heterocycles. The molecule has 108 valence electrons. The van der Waals surface area contributed by atoms with E-state index < -0.39 is 0 Å². The number of amides is 1. The van der Waals surface area contributed by atoms with Gasteiger partial charge in [0.15, 0.2) is 0 Å². The van der Waals surface area contributed by atoms with Crippen LogP contribution >= 0.6 is 0 Å². The Kier molecular flexibility index (Phi) is 5.35. The van der Waals surface area contributed by atoms with Crippen molar-refractivity contribution < 1.29 is 4.79 Å². The lowest BCUT2D eigenvalue weighted by molar-refractivity contribution is -0.130. The molecule has 6 nitrogen and oxygen atoms in total. The van der Waals surface area contributed by atoms with Crippen molar-refractivity contribution in [2.45, 2.75) is 26.8 Å². The first-order valence-corrected chi connectivity index (χ1v) is 6.51. The van der Waals surface area contributed by atoms with Gasteiger partial charge in [0, 0.05) is 13.6 Å². The van der Waals surface area contributed by atoms with Crippen LogP contribution in [0.3, 0.4) is 0 Å². The Bertz CT molecular complexity index is 438. The normalized spacial score (nSPS) is 11.1. The molecule has 0 aromatic carbocycles. The summed E-state index contributed by atoms with van der Waals surface area (Å²) in [4.78, 5) is 15.9. The number of carbonyl (C=O) groups excluding carboxylic acids is 1. The summed E-state index contributed by atoms with van der Waals surface area (Å²) in [6, 6.07) is 0. The molecule has 0 saturated carbocycles. The molecule has 0 radical (unpaired) electrons. The molecule has 0 aliphatic carbocycles. The highest BCUT2D eigenvalue weighted by molar-refractivity contribution is 5.75. The van der Waals surface area contributed by atoms with Crippen LogP contribution in [0.5, 0.6) is 0 Å². The largest absolute Gasteiger partial charge is 0.396 e. The van der Waals surface area contributed by atoms with E-state index in [2.05, 4.69) is 10.00 Å². The summed E-state index contributed by atoms with van der Waals surface area (Å²) >= 11 is 0. The third-order valence-electron chi connectivity index (χ3n) is 3.25. The Balaban J connectivity index is 2.52. The van der Waals surface area contributed by atoms with Crippen molar-refractivity contribution >= 4 is 11.6 Å². The van der Waals surface area contributed by atoms with Crippen molar-refractivity contribution in [2.24, 2.45) is 0 Å². The Labute approximate surface area is 115 Å². The maximum absolute atomic E-state index is 12.1. The maximum Gasteiger partial charge on any atom is 0.244 e. The molecule has 0 unspecified atom stereocenters. The van der Waals surface area contributed by atoms with Crippen molar-refractivity contribution in [3.8, 4) is 0 Å². The number of nitrogens with two attached hydrogens (primary N) is 1. The van der Waals surface area contributed by atoms with E-state index >= 15 is 0 Å². The van der Waals surface area contributed by atoms with Crippen LogP contribution in [0.25, 0.3) is 0 Å². The van der Waals surface area contributed by atoms with Crippen LogP contribution in [0.1, 0.15) is 17.8 Å². The molecule has 6 heteroatoms. The topological polar surface area (TPSA) is 67.4 Å². The smallest absolute Gasteiger partial charge is 0.244 e. The van der Waals surface area contributed by atoms with Gasteiger partial charge in [-0.15, -0.1) is 0 Å². The third-order valence-corrected chi connectivity index (χ3v) is 3.25. The quantitative estimate of drug-likeness (QED) is 0.814. The Morgan fingerprint density at radius 3 is 2.37 bits per heavy atom. The SMILES string of the molecule is Cc1nn(CC(=O)N(C)CCCN(C)C)c(C)c1N. The molecule has 2 N–H and O–H groups in total. The van der Waals surface area contributed by atoms with E-state index in [0.29, 0.717) is 5.69 Å². The number of carbonyl (C=O) groups is 1. The summed E-state index contributed by atoms with van der Waals surface area (Å²) in [6.07, 6.45) is 0.967. The third kappa shape index (κ3) is 4.24. The molecule has 0 aliphatic rings. The Hall–Kier alpha value is -1.56. The van der Waals surface area contributed by atoms with Gasteiger partial charge in [0.1, 0.15) is 6.54 Å². The van der Waals surface area contributed by atoms with E-state index in [-0.39, 0.29) is 12.5 Å². The first kappa shape index (κ1) is 15.5. The molecule has 1 aromatic rings. The lowest BCUT2D eigenvalue weighted by Gasteiger charge is -2.18. The molecule has 19 heavy (non-hydrogen) atoms. The standard InChI is InChI=1S/C13H25N5O/c1-10-13(14)11(2)18(15-10)9-12(19)17(5)8-6-7-16(3)4/h6-9,14H2,1-5H3. The van der Waals surface area contributed by atoms with Crippen LogP contribution in [-0.2, 0) is 11.3 Å². The molecule has 0 spiro atoms. The molecule has 0 saturated heterocycles. The lowest BCUT2D eigenvalue weighted by Crippen LogP contribution is -2.33. The second-order valence-electron chi connectivity index (χ2n) is 5.21. The first-order valence-electron chi connectivity index (χ1n) is 6.51. The van der Waals surface area contributed by atoms with E-state index in [1.54, 1.807) is 9.58 Å². The molecule has 1 rings (SSSR count). The predicted molar refractivity (Wildman–Crippen MR) is 76.9 cm³/mol. The number of anilines is 1. The summed E-state index contributed by atoms with van der Waals surface area (Å²) in [5, 5.41) is 4.28. The van der Waals surface area contributed by atoms with Gasteiger partial charge < -0.3 is 15.5 Å². The van der Waals surface area contributed by atoms with Crippen molar-refractivity contribution in [1.82, 2.24) is 19.6 Å². The average molecular weight is 267 g/mol. The van der Waals surface area contributed by atoms with Crippen LogP contribution in [0.15, 0.2) is 0 Å². The van der Waals surface area contributed by atoms with Crippen molar-refractivity contribution in [1.29, 1.82) is 0 Å². The minimum Gasteiger partial charge on any atom is -0.396 e. The summed E-state index contributed by atoms with van der Waals surface area (Å²) in [5.74, 6) is 0.0596. The molecule has 0 fully saturated rings. The minimum atomic E-state index is 0.0596. The van der Waals surface area contributed by atoms with Gasteiger partial charge in [-0.2, -0.15) is 5.10 Å². The molecular formula is C13H25N5O. The Morgan fingerprint density at radius 2 is 1.89 bits per heavy atom. The van der Waals surface area contributed by atoms with E-state index in [1.807, 2.05) is 35.0 Å². The lowest BCUT2D eigenvalue weighted by atomic mass is 10.3. The highest BCUT2D eigenvalue weighted by atomic mass is 16.2. The Morgan fingerprint density at radius 1 is 1.26 bits per heavy atom. The van der Waals surface area contributed by atoms with Gasteiger partial charge in [-0.05, 0) is 40.9 Å². The molecule has 1 aromatic heterocycles. The van der Waals surface area contributed by atoms with Gasteiger partial charge in [0.05, 0.1) is 17.1 Å². The molecule has 0 bridgehead atoms. The van der Waals surface area contributed by atoms with Gasteiger partial charge >= 0.3 is 0 Å². The second kappa shape index (κ2) is 6.56. The number of rotatable bonds is 6. The van der Waals surface area contributed by atoms with E-state index in [0.717, 1.165) is 30.9 Å². The second-order valence-corrected chi connectivity index (χ2v) is 5.21. The van der Waals surface area contributed by atoms with Crippen LogP contribution in [-0.4, -0.2) is 59.7 Å². The fourth-order valence-corrected chi connectivity index (χ4v) is 1.86. The van der Waals surface area contributed by atoms with Crippen LogP contribution in [0, 0.1) is 13.8 Å². The highest BCUT2D eigenvalue weighted by Crippen LogP contribution is 2.14. The summed E-state index contributed by atoms with van der Waals surface area (Å²) in [5.41, 5.74) is 8.16. The zero-order valence-electron chi connectivity index (χ0n) is 12.6. The fraction of sp³-hybridized carbons (Fsp3) is 0.692. The number of nitrogens with zero attached hydrogens (tertiary/aromatic N) is 4. The molecule has 1 amide bonds. The van der Waals surface area contributed by atoms with Gasteiger partial charge in [-0.3, -0.25) is 9.48 Å². The predicted octanol–water partition coefficient (Wildman–Crippen LogP) is 0.492. The fourth-order valence-electron chi connectivity index (χ4n) is 1.86. The summed E-state index contributed by atoms with van der Waals surface area (Å²) < 4.78 is 1.68. The van der Waals surface area contributed by atoms with E-state index in [4.69, 9.17) is 5.73 Å². The number of nitrogen functional groups attached to an aromatic ring is 1. The van der Waals surface area contributed by atoms with E-state index in [9.17, 15) is 4.79 Å². The van der Waals surface area contributed by atoms with Crippen molar-refractivity contribution in [2.75, 3.05) is 40.0 Å². The van der Waals surface area contributed by atoms with Crippen LogP contribution in [0.4, 0.5) is 5.69 Å². The summed E-state index contributed by atoms with van der Waals surface area (Å²) in [7, 11) is 5.88. The van der Waals surface area contributed by atoms with Gasteiger partial charge in [-0.1, -0.05) is 0 Å². The highest BCUT2D eigenvalue weighted by Gasteiger charge is 2.14. The molecule has 0 aliphatic heterocycles. The maximum atomic E-state index is 12.1. The van der Waals surface area contributed by atoms with Crippen molar-refractivity contribution in [3.63, 3.8) is 0 Å². The number of aryl methyl sites for hydroxylation is 1. The minimum absolute atomic E-state index is 0.0596. The number of hydrogen-bond acceptors (Lipinski definition) is 4.